The summed E-state index contributed by atoms with van der Waals surface area (Å²) in [6, 6.07) is 8.71. The first-order valence-corrected chi connectivity index (χ1v) is 7.19. The smallest absolute Gasteiger partial charge is 0.221 e. The largest absolute Gasteiger partial charge is 0.369 e. The van der Waals surface area contributed by atoms with Crippen LogP contribution in [-0.4, -0.2) is 24.2 Å². The van der Waals surface area contributed by atoms with Crippen LogP contribution < -0.4 is 10.6 Å². The Bertz CT molecular complexity index is 579. The maximum atomic E-state index is 11.0. The normalized spacial score (nSPS) is 24.5. The molecule has 0 fully saturated rings. The molecule has 0 radical (unpaired) electrons. The third-order valence-electron chi connectivity index (χ3n) is 3.56. The minimum absolute atomic E-state index is 0.277. The number of carbonyl (C=O) groups excluding carboxylic acids is 1. The lowest BCUT2D eigenvalue weighted by molar-refractivity contribution is -0.117. The van der Waals surface area contributed by atoms with E-state index < -0.39 is 0 Å². The Morgan fingerprint density at radius 1 is 1.42 bits per heavy atom. The summed E-state index contributed by atoms with van der Waals surface area (Å²) in [6.45, 7) is 0. The van der Waals surface area contributed by atoms with Crippen molar-refractivity contribution in [2.75, 3.05) is 11.9 Å². The van der Waals surface area contributed by atoms with E-state index in [0.29, 0.717) is 17.7 Å². The van der Waals surface area contributed by atoms with Gasteiger partial charge in [-0.25, -0.2) is 0 Å². The van der Waals surface area contributed by atoms with Crippen molar-refractivity contribution in [3.63, 3.8) is 0 Å². The van der Waals surface area contributed by atoms with Crippen LogP contribution in [0.15, 0.2) is 53.0 Å². The Morgan fingerprint density at radius 3 is 3.00 bits per heavy atom. The van der Waals surface area contributed by atoms with E-state index in [1.54, 1.807) is 0 Å². The molecule has 1 heterocycles. The number of nitrogens with zero attached hydrogens (tertiary/aromatic N) is 1. The number of hydrogen-bond donors (Lipinski definition) is 1. The van der Waals surface area contributed by atoms with E-state index in [4.69, 9.17) is 5.73 Å². The fourth-order valence-corrected chi connectivity index (χ4v) is 3.96. The number of amides is 1. The van der Waals surface area contributed by atoms with Crippen molar-refractivity contribution in [3.05, 3.63) is 48.1 Å². The maximum Gasteiger partial charge on any atom is 0.221 e. The Kier molecular flexibility index (Phi) is 3.11. The summed E-state index contributed by atoms with van der Waals surface area (Å²) in [5, 5.41) is 0.400. The van der Waals surface area contributed by atoms with Gasteiger partial charge < -0.3 is 10.6 Å². The SMILES string of the molecule is CN1c2ccccc2SC2C=CC(CC(N)=O)=CC21. The molecule has 0 saturated heterocycles. The number of rotatable bonds is 2. The molecule has 4 heteroatoms. The van der Waals surface area contributed by atoms with Crippen LogP contribution in [0.2, 0.25) is 0 Å². The Balaban J connectivity index is 1.93. The summed E-state index contributed by atoms with van der Waals surface area (Å²) in [5.41, 5.74) is 7.53. The Morgan fingerprint density at radius 2 is 2.21 bits per heavy atom. The lowest BCUT2D eigenvalue weighted by Gasteiger charge is -2.40. The van der Waals surface area contributed by atoms with Crippen molar-refractivity contribution < 1.29 is 4.79 Å². The molecule has 1 aromatic carbocycles. The summed E-state index contributed by atoms with van der Waals surface area (Å²) >= 11 is 1.88. The van der Waals surface area contributed by atoms with Crippen LogP contribution >= 0.6 is 11.8 Å². The summed E-state index contributed by atoms with van der Waals surface area (Å²) in [6.07, 6.45) is 6.69. The zero-order valence-corrected chi connectivity index (χ0v) is 11.6. The second-order valence-electron chi connectivity index (χ2n) is 4.90. The molecule has 19 heavy (non-hydrogen) atoms. The molecular formula is C15H16N2OS. The first-order valence-electron chi connectivity index (χ1n) is 6.31. The van der Waals surface area contributed by atoms with Crippen LogP contribution in [0.3, 0.4) is 0 Å². The van der Waals surface area contributed by atoms with E-state index in [2.05, 4.69) is 48.4 Å². The zero-order chi connectivity index (χ0) is 13.4. The summed E-state index contributed by atoms with van der Waals surface area (Å²) in [5.74, 6) is -0.277. The van der Waals surface area contributed by atoms with Crippen molar-refractivity contribution in [3.8, 4) is 0 Å². The maximum absolute atomic E-state index is 11.0. The average Bonchev–Trinajstić information content (AvgIpc) is 2.39. The van der Waals surface area contributed by atoms with E-state index >= 15 is 0 Å². The fourth-order valence-electron chi connectivity index (χ4n) is 2.62. The van der Waals surface area contributed by atoms with Crippen molar-refractivity contribution in [2.24, 2.45) is 5.73 Å². The first kappa shape index (κ1) is 12.4. The molecule has 1 aliphatic heterocycles. The second kappa shape index (κ2) is 4.78. The van der Waals surface area contributed by atoms with Crippen LogP contribution in [0.1, 0.15) is 6.42 Å². The van der Waals surface area contributed by atoms with Gasteiger partial charge >= 0.3 is 0 Å². The average molecular weight is 272 g/mol. The van der Waals surface area contributed by atoms with Crippen LogP contribution in [0.25, 0.3) is 0 Å². The molecule has 1 aliphatic carbocycles. The molecule has 1 aromatic rings. The number of hydrogen-bond acceptors (Lipinski definition) is 3. The molecule has 2 unspecified atom stereocenters. The number of likely N-dealkylation sites (N-methyl/N-ethyl adjacent to an activating group) is 1. The second-order valence-corrected chi connectivity index (χ2v) is 6.12. The number of carbonyl (C=O) groups is 1. The number of benzene rings is 1. The lowest BCUT2D eigenvalue weighted by atomic mass is 9.98. The summed E-state index contributed by atoms with van der Waals surface area (Å²) < 4.78 is 0. The number of primary amides is 1. The van der Waals surface area contributed by atoms with Crippen LogP contribution in [0.4, 0.5) is 5.69 Å². The molecule has 2 aliphatic rings. The van der Waals surface area contributed by atoms with Gasteiger partial charge in [0, 0.05) is 11.9 Å². The van der Waals surface area contributed by atoms with E-state index in [9.17, 15) is 4.79 Å². The number of nitrogens with two attached hydrogens (primary N) is 1. The van der Waals surface area contributed by atoms with E-state index in [-0.39, 0.29) is 5.91 Å². The molecule has 0 saturated carbocycles. The highest BCUT2D eigenvalue weighted by molar-refractivity contribution is 8.00. The van der Waals surface area contributed by atoms with Gasteiger partial charge in [-0.15, -0.1) is 11.8 Å². The van der Waals surface area contributed by atoms with Crippen molar-refractivity contribution >= 4 is 23.4 Å². The predicted octanol–water partition coefficient (Wildman–Crippen LogP) is 2.34. The minimum Gasteiger partial charge on any atom is -0.369 e. The van der Waals surface area contributed by atoms with Gasteiger partial charge in [-0.2, -0.15) is 0 Å². The molecular weight excluding hydrogens is 256 g/mol. The standard InChI is InChI=1S/C15H16N2OS/c1-17-11-4-2-3-5-13(11)19-14-7-6-10(8-12(14)17)9-15(16)18/h2-8,12,14H,9H2,1H3,(H2,16,18). The van der Waals surface area contributed by atoms with Gasteiger partial charge in [0.25, 0.3) is 0 Å². The van der Waals surface area contributed by atoms with Gasteiger partial charge in [0.1, 0.15) is 0 Å². The van der Waals surface area contributed by atoms with Crippen molar-refractivity contribution in [1.29, 1.82) is 0 Å². The van der Waals surface area contributed by atoms with Crippen LogP contribution in [0.5, 0.6) is 0 Å². The van der Waals surface area contributed by atoms with E-state index in [1.807, 2.05) is 17.8 Å². The number of thioether (sulfide) groups is 1. The number of anilines is 1. The molecule has 2 N–H and O–H groups in total. The highest BCUT2D eigenvalue weighted by atomic mass is 32.2. The zero-order valence-electron chi connectivity index (χ0n) is 10.7. The number of fused-ring (bicyclic) bond motifs is 2. The minimum atomic E-state index is -0.277. The highest BCUT2D eigenvalue weighted by Crippen LogP contribution is 2.43. The molecule has 2 atom stereocenters. The first-order chi connectivity index (χ1) is 9.15. The number of allylic oxidation sites excluding steroid dienone is 1. The molecule has 0 aromatic heterocycles. The monoisotopic (exact) mass is 272 g/mol. The van der Waals surface area contributed by atoms with Gasteiger partial charge in [0.15, 0.2) is 0 Å². The van der Waals surface area contributed by atoms with Gasteiger partial charge in [-0.3, -0.25) is 4.79 Å². The molecule has 3 rings (SSSR count). The lowest BCUT2D eigenvalue weighted by Crippen LogP contribution is -2.42. The van der Waals surface area contributed by atoms with Gasteiger partial charge in [-0.1, -0.05) is 30.4 Å². The summed E-state index contributed by atoms with van der Waals surface area (Å²) in [7, 11) is 2.10. The molecule has 3 nitrogen and oxygen atoms in total. The van der Waals surface area contributed by atoms with Crippen LogP contribution in [0, 0.1) is 0 Å². The molecule has 1 amide bonds. The third kappa shape index (κ3) is 2.28. The van der Waals surface area contributed by atoms with E-state index in [1.165, 1.54) is 10.6 Å². The quantitative estimate of drug-likeness (QED) is 0.899. The van der Waals surface area contributed by atoms with Crippen LogP contribution in [-0.2, 0) is 4.79 Å². The Labute approximate surface area is 117 Å². The van der Waals surface area contributed by atoms with E-state index in [0.717, 1.165) is 5.57 Å². The fraction of sp³-hybridized carbons (Fsp3) is 0.267. The van der Waals surface area contributed by atoms with Gasteiger partial charge in [0.2, 0.25) is 5.91 Å². The topological polar surface area (TPSA) is 46.3 Å². The Hall–Kier alpha value is -1.68. The van der Waals surface area contributed by atoms with Gasteiger partial charge in [0.05, 0.1) is 23.4 Å². The highest BCUT2D eigenvalue weighted by Gasteiger charge is 2.31. The molecule has 0 spiro atoms. The molecule has 98 valence electrons. The van der Waals surface area contributed by atoms with Crippen molar-refractivity contribution in [1.82, 2.24) is 0 Å². The van der Waals surface area contributed by atoms with Gasteiger partial charge in [-0.05, 0) is 17.7 Å². The summed E-state index contributed by atoms with van der Waals surface area (Å²) in [4.78, 5) is 14.6. The number of para-hydroxylation sites is 1. The van der Waals surface area contributed by atoms with Crippen molar-refractivity contribution in [2.45, 2.75) is 22.6 Å². The predicted molar refractivity (Wildman–Crippen MR) is 79.3 cm³/mol. The third-order valence-corrected chi connectivity index (χ3v) is 4.86. The molecule has 0 bridgehead atoms.